The Balaban J connectivity index is 1.94. The number of ether oxygens (including phenoxy) is 3. The molecule has 0 aromatic heterocycles. The van der Waals surface area contributed by atoms with Crippen LogP contribution in [0, 0.1) is 11.3 Å². The summed E-state index contributed by atoms with van der Waals surface area (Å²) in [6.45, 7) is 10.0. The number of benzene rings is 2. The molecule has 0 atom stereocenters. The number of amidine groups is 1. The minimum atomic E-state index is -0.530. The Kier molecular flexibility index (Phi) is 8.23. The minimum Gasteiger partial charge on any atom is -0.493 e. The molecular weight excluding hydrogens is 444 g/mol. The van der Waals surface area contributed by atoms with Crippen LogP contribution in [0.25, 0.3) is 11.1 Å². The lowest BCUT2D eigenvalue weighted by Gasteiger charge is -2.27. The molecule has 0 spiro atoms. The van der Waals surface area contributed by atoms with Gasteiger partial charge in [-0.3, -0.25) is 0 Å². The van der Waals surface area contributed by atoms with Gasteiger partial charge in [0.2, 0.25) is 0 Å². The van der Waals surface area contributed by atoms with Crippen molar-refractivity contribution in [2.75, 3.05) is 40.4 Å². The zero-order valence-electron chi connectivity index (χ0n) is 21.4. The predicted octanol–water partition coefficient (Wildman–Crippen LogP) is 5.24. The van der Waals surface area contributed by atoms with Crippen LogP contribution in [0.1, 0.15) is 39.7 Å². The fourth-order valence-corrected chi connectivity index (χ4v) is 4.06. The molecule has 1 heterocycles. The molecule has 35 heavy (non-hydrogen) atoms. The van der Waals surface area contributed by atoms with E-state index in [1.165, 1.54) is 0 Å². The third kappa shape index (κ3) is 6.24. The molecule has 1 amide bonds. The first-order valence-electron chi connectivity index (χ1n) is 11.7. The van der Waals surface area contributed by atoms with Gasteiger partial charge >= 0.3 is 6.09 Å². The number of nitriles is 1. The normalized spacial score (nSPS) is 14.7. The van der Waals surface area contributed by atoms with Gasteiger partial charge in [-0.05, 0) is 39.7 Å². The Morgan fingerprint density at radius 3 is 2.29 bits per heavy atom. The summed E-state index contributed by atoms with van der Waals surface area (Å²) < 4.78 is 16.8. The molecule has 0 radical (unpaired) electrons. The molecule has 0 bridgehead atoms. The molecule has 186 valence electrons. The van der Waals surface area contributed by atoms with Crippen molar-refractivity contribution in [1.29, 1.82) is 5.26 Å². The zero-order chi connectivity index (χ0) is 25.6. The summed E-state index contributed by atoms with van der Waals surface area (Å²) in [4.78, 5) is 21.2. The maximum atomic E-state index is 12.5. The quantitative estimate of drug-likeness (QED) is 0.441. The Labute approximate surface area is 207 Å². The summed E-state index contributed by atoms with van der Waals surface area (Å²) in [7, 11) is 3.13. The molecule has 8 heteroatoms. The summed E-state index contributed by atoms with van der Waals surface area (Å²) in [5, 5.41) is 10.1. The van der Waals surface area contributed by atoms with Crippen molar-refractivity contribution in [1.82, 2.24) is 9.80 Å². The average molecular weight is 479 g/mol. The number of carbonyl (C=O) groups is 1. The number of hydrogen-bond donors (Lipinski definition) is 0. The van der Waals surface area contributed by atoms with E-state index >= 15 is 0 Å². The number of carbonyl (C=O) groups excluding carboxylic acids is 1. The van der Waals surface area contributed by atoms with Gasteiger partial charge in [0.1, 0.15) is 17.5 Å². The van der Waals surface area contributed by atoms with Gasteiger partial charge in [0.15, 0.2) is 11.5 Å². The van der Waals surface area contributed by atoms with Crippen LogP contribution in [0.5, 0.6) is 11.5 Å². The van der Waals surface area contributed by atoms with Gasteiger partial charge in [0, 0.05) is 37.8 Å². The number of aliphatic imine (C=N–C) groups is 1. The Morgan fingerprint density at radius 2 is 1.69 bits per heavy atom. The van der Waals surface area contributed by atoms with Crippen molar-refractivity contribution in [3.8, 4) is 28.7 Å². The van der Waals surface area contributed by atoms with Gasteiger partial charge in [0.05, 0.1) is 25.5 Å². The van der Waals surface area contributed by atoms with Crippen LogP contribution in [0.2, 0.25) is 0 Å². The molecule has 0 aliphatic carbocycles. The number of methoxy groups -OCH3 is 2. The first-order valence-corrected chi connectivity index (χ1v) is 11.7. The number of hydrogen-bond acceptors (Lipinski definition) is 6. The van der Waals surface area contributed by atoms with Gasteiger partial charge in [0.25, 0.3) is 0 Å². The predicted molar refractivity (Wildman–Crippen MR) is 136 cm³/mol. The highest BCUT2D eigenvalue weighted by Crippen LogP contribution is 2.45. The number of nitrogens with zero attached hydrogens (tertiary/aromatic N) is 4. The molecule has 2 aromatic carbocycles. The number of rotatable bonds is 4. The second kappa shape index (κ2) is 11.1. The van der Waals surface area contributed by atoms with E-state index in [0.29, 0.717) is 47.9 Å². The average Bonchev–Trinajstić information content (AvgIpc) is 3.09. The van der Waals surface area contributed by atoms with E-state index in [1.807, 2.05) is 58.0 Å². The monoisotopic (exact) mass is 478 g/mol. The Hall–Kier alpha value is -3.73. The first kappa shape index (κ1) is 25.9. The molecule has 0 N–H and O–H groups in total. The molecule has 0 saturated carbocycles. The van der Waals surface area contributed by atoms with E-state index in [1.54, 1.807) is 25.2 Å². The molecule has 1 saturated heterocycles. The van der Waals surface area contributed by atoms with Gasteiger partial charge in [-0.1, -0.05) is 30.3 Å². The summed E-state index contributed by atoms with van der Waals surface area (Å²) >= 11 is 0. The van der Waals surface area contributed by atoms with Crippen LogP contribution >= 0.6 is 0 Å². The van der Waals surface area contributed by atoms with Crippen molar-refractivity contribution in [2.45, 2.75) is 39.7 Å². The van der Waals surface area contributed by atoms with Crippen molar-refractivity contribution < 1.29 is 19.0 Å². The van der Waals surface area contributed by atoms with Crippen LogP contribution in [0.15, 0.2) is 41.4 Å². The maximum absolute atomic E-state index is 12.5. The van der Waals surface area contributed by atoms with Crippen molar-refractivity contribution >= 4 is 17.6 Å². The number of amides is 1. The molecule has 2 aromatic rings. The highest BCUT2D eigenvalue weighted by Gasteiger charge is 2.25. The maximum Gasteiger partial charge on any atom is 0.410 e. The second-order valence-electron chi connectivity index (χ2n) is 9.33. The standard InChI is InChI=1S/C27H34N4O4/c1-19(30-13-10-14-31(16-15-30)26(32)35-27(2,3)4)29-22-17-23(33-5)25(34-6)24(21(22)18-28)20-11-8-7-9-12-20/h7-9,11-12,17H,10,13-16H2,1-6H3. The van der Waals surface area contributed by atoms with Crippen molar-refractivity contribution in [3.63, 3.8) is 0 Å². The van der Waals surface area contributed by atoms with E-state index in [9.17, 15) is 10.1 Å². The van der Waals surface area contributed by atoms with Crippen LogP contribution in [0.3, 0.4) is 0 Å². The van der Waals surface area contributed by atoms with Crippen LogP contribution in [-0.4, -0.2) is 67.7 Å². The third-order valence-corrected chi connectivity index (χ3v) is 5.71. The van der Waals surface area contributed by atoms with E-state index in [0.717, 1.165) is 24.4 Å². The molecule has 1 fully saturated rings. The summed E-state index contributed by atoms with van der Waals surface area (Å²) in [6.07, 6.45) is 0.492. The smallest absolute Gasteiger partial charge is 0.410 e. The van der Waals surface area contributed by atoms with E-state index in [-0.39, 0.29) is 6.09 Å². The lowest BCUT2D eigenvalue weighted by Crippen LogP contribution is -2.39. The highest BCUT2D eigenvalue weighted by molar-refractivity contribution is 5.89. The Bertz CT molecular complexity index is 1120. The van der Waals surface area contributed by atoms with Crippen LogP contribution in [0.4, 0.5) is 10.5 Å². The Morgan fingerprint density at radius 1 is 1.03 bits per heavy atom. The fourth-order valence-electron chi connectivity index (χ4n) is 4.06. The fraction of sp³-hybridized carbons (Fsp3) is 0.444. The van der Waals surface area contributed by atoms with E-state index in [2.05, 4.69) is 11.0 Å². The summed E-state index contributed by atoms with van der Waals surface area (Å²) in [5.74, 6) is 1.76. The van der Waals surface area contributed by atoms with Crippen molar-refractivity contribution in [2.24, 2.45) is 4.99 Å². The van der Waals surface area contributed by atoms with Gasteiger partial charge in [-0.15, -0.1) is 0 Å². The molecule has 1 aliphatic heterocycles. The largest absolute Gasteiger partial charge is 0.493 e. The van der Waals surface area contributed by atoms with Gasteiger partial charge < -0.3 is 24.0 Å². The second-order valence-corrected chi connectivity index (χ2v) is 9.33. The van der Waals surface area contributed by atoms with E-state index < -0.39 is 5.60 Å². The zero-order valence-corrected chi connectivity index (χ0v) is 21.4. The molecule has 3 rings (SSSR count). The SMILES string of the molecule is COc1cc(N=C(C)N2CCCN(C(=O)OC(C)(C)C)CC2)c(C#N)c(-c2ccccc2)c1OC. The van der Waals surface area contributed by atoms with Gasteiger partial charge in [-0.25, -0.2) is 9.79 Å². The lowest BCUT2D eigenvalue weighted by molar-refractivity contribution is 0.0260. The molecule has 1 aliphatic rings. The van der Waals surface area contributed by atoms with Crippen LogP contribution < -0.4 is 9.47 Å². The lowest BCUT2D eigenvalue weighted by atomic mass is 9.97. The summed E-state index contributed by atoms with van der Waals surface area (Å²) in [5.41, 5.74) is 1.89. The van der Waals surface area contributed by atoms with Crippen LogP contribution in [-0.2, 0) is 4.74 Å². The topological polar surface area (TPSA) is 87.4 Å². The molecule has 8 nitrogen and oxygen atoms in total. The molecular formula is C27H34N4O4. The molecule has 0 unspecified atom stereocenters. The third-order valence-electron chi connectivity index (χ3n) is 5.71. The summed E-state index contributed by atoms with van der Waals surface area (Å²) in [6, 6.07) is 13.7. The van der Waals surface area contributed by atoms with Gasteiger partial charge in [-0.2, -0.15) is 5.26 Å². The minimum absolute atomic E-state index is 0.298. The van der Waals surface area contributed by atoms with Crippen molar-refractivity contribution in [3.05, 3.63) is 42.0 Å². The van der Waals surface area contributed by atoms with E-state index in [4.69, 9.17) is 19.2 Å². The first-order chi connectivity index (χ1) is 16.7. The highest BCUT2D eigenvalue weighted by atomic mass is 16.6.